The second-order valence-corrected chi connectivity index (χ2v) is 3.13. The number of anilines is 1. The third-order valence-corrected chi connectivity index (χ3v) is 1.88. The smallest absolute Gasteiger partial charge is 0.378 e. The molecular weight excluding hydrogens is 212 g/mol. The van der Waals surface area contributed by atoms with E-state index in [0.717, 1.165) is 0 Å². The van der Waals surface area contributed by atoms with Gasteiger partial charge in [0.25, 0.3) is 0 Å². The van der Waals surface area contributed by atoms with Gasteiger partial charge in [0.2, 0.25) is 5.91 Å². The lowest BCUT2D eigenvalue weighted by Crippen LogP contribution is -2.13. The lowest BCUT2D eigenvalue weighted by molar-refractivity contribution is -0.388. The monoisotopic (exact) mass is 224 g/mol. The molecule has 1 heterocycles. The summed E-state index contributed by atoms with van der Waals surface area (Å²) in [5, 5.41) is 13.4. The molecule has 16 heavy (non-hydrogen) atoms. The zero-order valence-corrected chi connectivity index (χ0v) is 8.55. The van der Waals surface area contributed by atoms with E-state index in [1.54, 1.807) is 12.1 Å². The third kappa shape index (κ3) is 3.52. The van der Waals surface area contributed by atoms with Crippen LogP contribution < -0.4 is 11.1 Å². The van der Waals surface area contributed by atoms with Crippen molar-refractivity contribution in [1.82, 2.24) is 4.98 Å². The molecule has 1 aromatic rings. The molecule has 0 aromatic carbocycles. The number of aromatic nitrogens is 1. The maximum absolute atomic E-state index is 10.6. The van der Waals surface area contributed by atoms with Crippen LogP contribution >= 0.6 is 0 Å². The fraction of sp³-hybridized carbons (Fsp3) is 0.333. The van der Waals surface area contributed by atoms with Crippen molar-refractivity contribution in [2.75, 3.05) is 11.9 Å². The summed E-state index contributed by atoms with van der Waals surface area (Å²) in [6, 6.07) is 3.17. The highest BCUT2D eigenvalue weighted by Crippen LogP contribution is 2.19. The summed E-state index contributed by atoms with van der Waals surface area (Å²) in [4.78, 5) is 24.1. The molecule has 86 valence electrons. The number of primary amides is 1. The maximum Gasteiger partial charge on any atom is 0.386 e. The summed E-state index contributed by atoms with van der Waals surface area (Å²) in [5.74, 6) is -0.607. The number of nitrogens with two attached hydrogens (primary N) is 1. The Hall–Kier alpha value is -2.18. The van der Waals surface area contributed by atoms with Gasteiger partial charge in [-0.2, -0.15) is 0 Å². The van der Waals surface area contributed by atoms with E-state index in [0.29, 0.717) is 18.7 Å². The van der Waals surface area contributed by atoms with Gasteiger partial charge in [-0.1, -0.05) is 0 Å². The van der Waals surface area contributed by atoms with Crippen molar-refractivity contribution in [3.05, 3.63) is 28.4 Å². The van der Waals surface area contributed by atoms with Crippen molar-refractivity contribution in [2.24, 2.45) is 5.73 Å². The molecule has 0 bridgehead atoms. The van der Waals surface area contributed by atoms with Crippen molar-refractivity contribution in [1.29, 1.82) is 0 Å². The van der Waals surface area contributed by atoms with Crippen molar-refractivity contribution >= 4 is 17.4 Å². The fourth-order valence-electron chi connectivity index (χ4n) is 1.17. The Bertz CT molecular complexity index is 394. The van der Waals surface area contributed by atoms with E-state index >= 15 is 0 Å². The molecule has 1 amide bonds. The number of nitro groups is 1. The van der Waals surface area contributed by atoms with Crippen LogP contribution in [0.15, 0.2) is 18.3 Å². The second kappa shape index (κ2) is 5.64. The van der Waals surface area contributed by atoms with Crippen molar-refractivity contribution in [2.45, 2.75) is 12.8 Å². The van der Waals surface area contributed by atoms with Gasteiger partial charge in [-0.15, -0.1) is 0 Å². The summed E-state index contributed by atoms with van der Waals surface area (Å²) in [6.07, 6.45) is 2.13. The number of amides is 1. The standard InChI is InChI=1S/C9H12N4O3/c10-8(14)4-2-5-11-7-3-1-6-12-9(7)13(15)16/h1,3,6,11H,2,4-5H2,(H2,10,14). The van der Waals surface area contributed by atoms with Crippen LogP contribution in [0.4, 0.5) is 11.5 Å². The first-order valence-corrected chi connectivity index (χ1v) is 4.73. The van der Waals surface area contributed by atoms with Gasteiger partial charge in [-0.25, -0.2) is 0 Å². The van der Waals surface area contributed by atoms with E-state index in [2.05, 4.69) is 10.3 Å². The number of nitrogens with zero attached hydrogens (tertiary/aromatic N) is 2. The molecule has 0 aliphatic carbocycles. The molecule has 3 N–H and O–H groups in total. The molecule has 0 aliphatic rings. The number of hydrogen-bond donors (Lipinski definition) is 2. The van der Waals surface area contributed by atoms with Crippen molar-refractivity contribution in [3.63, 3.8) is 0 Å². The van der Waals surface area contributed by atoms with Crippen LogP contribution in [0.2, 0.25) is 0 Å². The first-order valence-electron chi connectivity index (χ1n) is 4.73. The van der Waals surface area contributed by atoms with Crippen LogP contribution in [0.1, 0.15) is 12.8 Å². The van der Waals surface area contributed by atoms with Crippen molar-refractivity contribution in [3.8, 4) is 0 Å². The average molecular weight is 224 g/mol. The van der Waals surface area contributed by atoms with Crippen LogP contribution in [0, 0.1) is 10.1 Å². The number of carbonyl (C=O) groups is 1. The highest BCUT2D eigenvalue weighted by molar-refractivity contribution is 5.73. The number of nitrogens with one attached hydrogen (secondary N) is 1. The molecular formula is C9H12N4O3. The number of pyridine rings is 1. The van der Waals surface area contributed by atoms with Crippen LogP contribution in [-0.2, 0) is 4.79 Å². The summed E-state index contributed by atoms with van der Waals surface area (Å²) < 4.78 is 0. The van der Waals surface area contributed by atoms with E-state index in [9.17, 15) is 14.9 Å². The minimum absolute atomic E-state index is 0.221. The Balaban J connectivity index is 2.53. The summed E-state index contributed by atoms with van der Waals surface area (Å²) in [7, 11) is 0. The molecule has 7 nitrogen and oxygen atoms in total. The number of hydrogen-bond acceptors (Lipinski definition) is 5. The van der Waals surface area contributed by atoms with E-state index in [1.807, 2.05) is 0 Å². The SMILES string of the molecule is NC(=O)CCCNc1cccnc1[N+](=O)[O-]. The molecule has 0 fully saturated rings. The Morgan fingerprint density at radius 1 is 1.62 bits per heavy atom. The highest BCUT2D eigenvalue weighted by atomic mass is 16.6. The van der Waals surface area contributed by atoms with Crippen LogP contribution in [0.3, 0.4) is 0 Å². The third-order valence-electron chi connectivity index (χ3n) is 1.88. The van der Waals surface area contributed by atoms with Gasteiger partial charge < -0.3 is 21.2 Å². The quantitative estimate of drug-likeness (QED) is 0.419. The second-order valence-electron chi connectivity index (χ2n) is 3.13. The number of carbonyl (C=O) groups excluding carboxylic acids is 1. The zero-order chi connectivity index (χ0) is 12.0. The number of rotatable bonds is 6. The molecule has 0 unspecified atom stereocenters. The summed E-state index contributed by atoms with van der Waals surface area (Å²) >= 11 is 0. The summed E-state index contributed by atoms with van der Waals surface area (Å²) in [6.45, 7) is 0.440. The minimum atomic E-state index is -0.559. The largest absolute Gasteiger partial charge is 0.386 e. The molecule has 0 spiro atoms. The minimum Gasteiger partial charge on any atom is -0.378 e. The fourth-order valence-corrected chi connectivity index (χ4v) is 1.17. The van der Waals surface area contributed by atoms with Gasteiger partial charge in [0, 0.05) is 13.0 Å². The predicted octanol–water partition coefficient (Wildman–Crippen LogP) is 0.667. The average Bonchev–Trinajstić information content (AvgIpc) is 2.24. The molecule has 7 heteroatoms. The summed E-state index contributed by atoms with van der Waals surface area (Å²) in [5.41, 5.74) is 5.31. The Labute approximate surface area is 91.8 Å². The lowest BCUT2D eigenvalue weighted by atomic mass is 10.3. The van der Waals surface area contributed by atoms with E-state index in [4.69, 9.17) is 5.73 Å². The normalized spacial score (nSPS) is 9.75. The highest BCUT2D eigenvalue weighted by Gasteiger charge is 2.12. The van der Waals surface area contributed by atoms with Crippen LogP contribution in [-0.4, -0.2) is 22.4 Å². The first kappa shape index (κ1) is 11.9. The zero-order valence-electron chi connectivity index (χ0n) is 8.55. The molecule has 1 rings (SSSR count). The Morgan fingerprint density at radius 3 is 3.00 bits per heavy atom. The first-order chi connectivity index (χ1) is 7.61. The molecule has 0 aliphatic heterocycles. The molecule has 0 radical (unpaired) electrons. The van der Waals surface area contributed by atoms with E-state index in [1.165, 1.54) is 6.20 Å². The Morgan fingerprint density at radius 2 is 2.38 bits per heavy atom. The molecule has 0 saturated heterocycles. The van der Waals surface area contributed by atoms with E-state index in [-0.39, 0.29) is 18.1 Å². The topological polar surface area (TPSA) is 111 Å². The molecule has 1 aromatic heterocycles. The van der Waals surface area contributed by atoms with Gasteiger partial charge >= 0.3 is 5.82 Å². The lowest BCUT2D eigenvalue weighted by Gasteiger charge is -2.04. The van der Waals surface area contributed by atoms with Gasteiger partial charge in [0.05, 0.1) is 0 Å². The van der Waals surface area contributed by atoms with Gasteiger partial charge in [-0.3, -0.25) is 4.79 Å². The van der Waals surface area contributed by atoms with Gasteiger partial charge in [0.15, 0.2) is 0 Å². The predicted molar refractivity (Wildman–Crippen MR) is 57.8 cm³/mol. The van der Waals surface area contributed by atoms with Crippen LogP contribution in [0.5, 0.6) is 0 Å². The molecule has 0 saturated carbocycles. The van der Waals surface area contributed by atoms with E-state index < -0.39 is 4.92 Å². The van der Waals surface area contributed by atoms with Gasteiger partial charge in [-0.05, 0) is 28.5 Å². The molecule has 0 atom stereocenters. The van der Waals surface area contributed by atoms with Gasteiger partial charge in [0.1, 0.15) is 11.9 Å². The Kier molecular flexibility index (Phi) is 4.19. The van der Waals surface area contributed by atoms with Crippen molar-refractivity contribution < 1.29 is 9.72 Å². The maximum atomic E-state index is 10.6. The van der Waals surface area contributed by atoms with Crippen LogP contribution in [0.25, 0.3) is 0 Å².